The van der Waals surface area contributed by atoms with Gasteiger partial charge in [-0.1, -0.05) is 32.4 Å². The first kappa shape index (κ1) is 19.6. The van der Waals surface area contributed by atoms with E-state index < -0.39 is 0 Å². The number of carbonyl (C=O) groups excluding carboxylic acids is 1. The van der Waals surface area contributed by atoms with Crippen molar-refractivity contribution in [3.63, 3.8) is 0 Å². The van der Waals surface area contributed by atoms with E-state index in [1.54, 1.807) is 12.0 Å². The smallest absolute Gasteiger partial charge is 0.317 e. The monoisotopic (exact) mass is 348 g/mol. The number of ether oxygens (including phenoxy) is 2. The molecule has 1 aromatic rings. The maximum atomic E-state index is 12.5. The van der Waals surface area contributed by atoms with Gasteiger partial charge in [-0.05, 0) is 36.5 Å². The molecule has 1 heterocycles. The predicted molar refractivity (Wildman–Crippen MR) is 100 cm³/mol. The van der Waals surface area contributed by atoms with Gasteiger partial charge in [-0.2, -0.15) is 0 Å². The lowest BCUT2D eigenvalue weighted by Crippen LogP contribution is -2.48. The molecule has 0 unspecified atom stereocenters. The second-order valence-electron chi connectivity index (χ2n) is 7.17. The van der Waals surface area contributed by atoms with Crippen LogP contribution in [0.15, 0.2) is 24.3 Å². The van der Waals surface area contributed by atoms with Crippen LogP contribution in [0.5, 0.6) is 5.75 Å². The molecule has 25 heavy (non-hydrogen) atoms. The Labute approximate surface area is 151 Å². The number of nitrogens with zero attached hydrogens (tertiary/aromatic N) is 1. The van der Waals surface area contributed by atoms with Crippen molar-refractivity contribution in [2.75, 3.05) is 40.5 Å². The van der Waals surface area contributed by atoms with E-state index in [9.17, 15) is 4.79 Å². The third-order valence-corrected chi connectivity index (χ3v) is 5.36. The van der Waals surface area contributed by atoms with E-state index in [4.69, 9.17) is 9.47 Å². The van der Waals surface area contributed by atoms with Crippen molar-refractivity contribution in [3.05, 3.63) is 29.8 Å². The van der Waals surface area contributed by atoms with Crippen molar-refractivity contribution in [1.29, 1.82) is 0 Å². The van der Waals surface area contributed by atoms with Gasteiger partial charge in [0.15, 0.2) is 0 Å². The molecular formula is C20H32N2O3. The fourth-order valence-corrected chi connectivity index (χ4v) is 3.33. The van der Waals surface area contributed by atoms with E-state index in [-0.39, 0.29) is 11.4 Å². The molecule has 0 saturated carbocycles. The van der Waals surface area contributed by atoms with Gasteiger partial charge in [-0.3, -0.25) is 0 Å². The molecule has 0 aromatic heterocycles. The zero-order chi connectivity index (χ0) is 18.3. The van der Waals surface area contributed by atoms with Crippen LogP contribution in [-0.4, -0.2) is 51.4 Å². The summed E-state index contributed by atoms with van der Waals surface area (Å²) in [6.45, 7) is 7.18. The molecule has 5 nitrogen and oxygen atoms in total. The number of urea groups is 1. The fraction of sp³-hybridized carbons (Fsp3) is 0.650. The molecule has 1 aliphatic rings. The van der Waals surface area contributed by atoms with Gasteiger partial charge in [0.05, 0.1) is 7.11 Å². The minimum Gasteiger partial charge on any atom is -0.497 e. The van der Waals surface area contributed by atoms with Crippen LogP contribution < -0.4 is 10.1 Å². The molecule has 1 aromatic carbocycles. The lowest BCUT2D eigenvalue weighted by molar-refractivity contribution is 0.0502. The van der Waals surface area contributed by atoms with Gasteiger partial charge in [0.25, 0.3) is 0 Å². The summed E-state index contributed by atoms with van der Waals surface area (Å²) in [5, 5.41) is 3.15. The number of benzene rings is 1. The molecule has 2 amide bonds. The van der Waals surface area contributed by atoms with Crippen molar-refractivity contribution in [2.24, 2.45) is 5.92 Å². The van der Waals surface area contributed by atoms with Crippen LogP contribution in [-0.2, 0) is 10.2 Å². The molecule has 1 N–H and O–H groups in total. The van der Waals surface area contributed by atoms with Crippen LogP contribution in [0.4, 0.5) is 4.79 Å². The van der Waals surface area contributed by atoms with Gasteiger partial charge in [0.1, 0.15) is 5.75 Å². The maximum Gasteiger partial charge on any atom is 0.317 e. The number of carbonyl (C=O) groups is 1. The maximum absolute atomic E-state index is 12.5. The molecule has 1 saturated heterocycles. The molecule has 140 valence electrons. The van der Waals surface area contributed by atoms with E-state index >= 15 is 0 Å². The molecule has 0 radical (unpaired) electrons. The standard InChI is InChI=1S/C20H32N2O3/c1-5-16(2)14-22(3)19(23)21-15-20(10-12-25-13-11-20)17-6-8-18(24-4)9-7-17/h6-9,16H,5,10-15H2,1-4H3,(H,21,23)/t16-/m0/s1. The number of amides is 2. The zero-order valence-electron chi connectivity index (χ0n) is 16.0. The molecule has 0 aliphatic carbocycles. The van der Waals surface area contributed by atoms with E-state index in [2.05, 4.69) is 31.3 Å². The predicted octanol–water partition coefficient (Wildman–Crippen LogP) is 3.43. The first-order valence-corrected chi connectivity index (χ1v) is 9.22. The largest absolute Gasteiger partial charge is 0.497 e. The molecule has 1 atom stereocenters. The first-order valence-electron chi connectivity index (χ1n) is 9.22. The highest BCUT2D eigenvalue weighted by atomic mass is 16.5. The van der Waals surface area contributed by atoms with Gasteiger partial charge < -0.3 is 19.7 Å². The Bertz CT molecular complexity index is 538. The highest BCUT2D eigenvalue weighted by molar-refractivity contribution is 5.74. The summed E-state index contributed by atoms with van der Waals surface area (Å²) in [5.41, 5.74) is 1.17. The number of rotatable bonds is 7. The molecule has 1 aliphatic heterocycles. The van der Waals surface area contributed by atoms with Crippen molar-refractivity contribution in [2.45, 2.75) is 38.5 Å². The lowest BCUT2D eigenvalue weighted by atomic mass is 9.74. The number of methoxy groups -OCH3 is 1. The Morgan fingerprint density at radius 3 is 2.52 bits per heavy atom. The Morgan fingerprint density at radius 2 is 1.96 bits per heavy atom. The van der Waals surface area contributed by atoms with Gasteiger partial charge in [-0.25, -0.2) is 4.79 Å². The van der Waals surface area contributed by atoms with Crippen molar-refractivity contribution < 1.29 is 14.3 Å². The van der Waals surface area contributed by atoms with Crippen LogP contribution in [0.2, 0.25) is 0 Å². The zero-order valence-corrected chi connectivity index (χ0v) is 16.0. The topological polar surface area (TPSA) is 50.8 Å². The van der Waals surface area contributed by atoms with E-state index in [0.717, 1.165) is 44.8 Å². The van der Waals surface area contributed by atoms with Gasteiger partial charge in [-0.15, -0.1) is 0 Å². The minimum atomic E-state index is -0.0720. The average molecular weight is 348 g/mol. The highest BCUT2D eigenvalue weighted by Crippen LogP contribution is 2.35. The number of hydrogen-bond acceptors (Lipinski definition) is 3. The number of nitrogens with one attached hydrogen (secondary N) is 1. The second-order valence-corrected chi connectivity index (χ2v) is 7.17. The molecular weight excluding hydrogens is 316 g/mol. The summed E-state index contributed by atoms with van der Waals surface area (Å²) >= 11 is 0. The van der Waals surface area contributed by atoms with Gasteiger partial charge in [0, 0.05) is 38.8 Å². The third kappa shape index (κ3) is 5.11. The number of hydrogen-bond donors (Lipinski definition) is 1. The summed E-state index contributed by atoms with van der Waals surface area (Å²) in [5.74, 6) is 1.36. The quantitative estimate of drug-likeness (QED) is 0.821. The summed E-state index contributed by atoms with van der Waals surface area (Å²) in [6.07, 6.45) is 2.90. The molecule has 1 fully saturated rings. The van der Waals surface area contributed by atoms with E-state index in [0.29, 0.717) is 12.5 Å². The Morgan fingerprint density at radius 1 is 1.32 bits per heavy atom. The van der Waals surface area contributed by atoms with Gasteiger partial charge >= 0.3 is 6.03 Å². The summed E-state index contributed by atoms with van der Waals surface area (Å²) in [4.78, 5) is 14.3. The van der Waals surface area contributed by atoms with Crippen molar-refractivity contribution >= 4 is 6.03 Å². The molecule has 2 rings (SSSR count). The van der Waals surface area contributed by atoms with Crippen LogP contribution in [0.3, 0.4) is 0 Å². The highest BCUT2D eigenvalue weighted by Gasteiger charge is 2.35. The van der Waals surface area contributed by atoms with Crippen LogP contribution in [0, 0.1) is 5.92 Å². The molecule has 0 spiro atoms. The normalized spacial score (nSPS) is 17.6. The molecule has 5 heteroatoms. The van der Waals surface area contributed by atoms with E-state index in [1.807, 2.05) is 19.2 Å². The average Bonchev–Trinajstić information content (AvgIpc) is 2.66. The summed E-state index contributed by atoms with van der Waals surface area (Å²) in [6, 6.07) is 8.20. The second kappa shape index (κ2) is 9.09. The van der Waals surface area contributed by atoms with Crippen molar-refractivity contribution in [1.82, 2.24) is 10.2 Å². The van der Waals surface area contributed by atoms with Crippen LogP contribution in [0.25, 0.3) is 0 Å². The molecule has 0 bridgehead atoms. The Balaban J connectivity index is 2.05. The van der Waals surface area contributed by atoms with Crippen LogP contribution >= 0.6 is 0 Å². The van der Waals surface area contributed by atoms with E-state index in [1.165, 1.54) is 5.56 Å². The summed E-state index contributed by atoms with van der Waals surface area (Å²) in [7, 11) is 3.54. The Hall–Kier alpha value is -1.75. The third-order valence-electron chi connectivity index (χ3n) is 5.36. The minimum absolute atomic E-state index is 0.000298. The van der Waals surface area contributed by atoms with Crippen LogP contribution in [0.1, 0.15) is 38.7 Å². The SMILES string of the molecule is CC[C@H](C)CN(C)C(=O)NCC1(c2ccc(OC)cc2)CCOCC1. The lowest BCUT2D eigenvalue weighted by Gasteiger charge is -2.38. The fourth-order valence-electron chi connectivity index (χ4n) is 3.33. The Kier molecular flexibility index (Phi) is 7.12. The van der Waals surface area contributed by atoms with Gasteiger partial charge in [0.2, 0.25) is 0 Å². The first-order chi connectivity index (χ1) is 12.0. The summed E-state index contributed by atoms with van der Waals surface area (Å²) < 4.78 is 10.8. The van der Waals surface area contributed by atoms with Crippen molar-refractivity contribution in [3.8, 4) is 5.75 Å².